The van der Waals surface area contributed by atoms with Gasteiger partial charge >= 0.3 is 0 Å². The summed E-state index contributed by atoms with van der Waals surface area (Å²) in [5.74, 6) is 1.06. The molecule has 30 heavy (non-hydrogen) atoms. The number of anilines is 1. The number of nitrogens with zero attached hydrogens (tertiary/aromatic N) is 2. The maximum absolute atomic E-state index is 12.6. The summed E-state index contributed by atoms with van der Waals surface area (Å²) in [6, 6.07) is 13.5. The second-order valence-corrected chi connectivity index (χ2v) is 8.92. The first-order valence-electron chi connectivity index (χ1n) is 10.3. The number of carbonyl (C=O) groups excluding carboxylic acids is 1. The Morgan fingerprint density at radius 3 is 2.70 bits per heavy atom. The fraction of sp³-hybridized carbons (Fsp3) is 0.391. The van der Waals surface area contributed by atoms with Gasteiger partial charge in [-0.25, -0.2) is 4.98 Å². The zero-order chi connectivity index (χ0) is 20.9. The van der Waals surface area contributed by atoms with E-state index in [9.17, 15) is 4.79 Å². The van der Waals surface area contributed by atoms with Crippen LogP contribution in [0.5, 0.6) is 5.75 Å². The summed E-state index contributed by atoms with van der Waals surface area (Å²) in [6.45, 7) is 9.28. The van der Waals surface area contributed by atoms with Gasteiger partial charge in [-0.1, -0.05) is 31.3 Å². The van der Waals surface area contributed by atoms with Crippen LogP contribution >= 0.6 is 11.3 Å². The minimum absolute atomic E-state index is 0.169. The Morgan fingerprint density at radius 1 is 1.20 bits per heavy atom. The number of hydrogen-bond acceptors (Lipinski definition) is 6. The smallest absolute Gasteiger partial charge is 0.257 e. The van der Waals surface area contributed by atoms with E-state index in [0.29, 0.717) is 23.2 Å². The minimum Gasteiger partial charge on any atom is -0.493 e. The first-order chi connectivity index (χ1) is 14.6. The summed E-state index contributed by atoms with van der Waals surface area (Å²) >= 11 is 1.50. The van der Waals surface area contributed by atoms with Gasteiger partial charge in [-0.15, -0.1) is 0 Å². The van der Waals surface area contributed by atoms with E-state index in [1.807, 2.05) is 18.2 Å². The maximum atomic E-state index is 12.6. The predicted octanol–water partition coefficient (Wildman–Crippen LogP) is 4.42. The zero-order valence-electron chi connectivity index (χ0n) is 17.4. The van der Waals surface area contributed by atoms with E-state index in [1.54, 1.807) is 12.1 Å². The van der Waals surface area contributed by atoms with E-state index in [2.05, 4.69) is 41.2 Å². The molecule has 0 saturated carbocycles. The fourth-order valence-electron chi connectivity index (χ4n) is 3.27. The zero-order valence-corrected chi connectivity index (χ0v) is 18.2. The highest BCUT2D eigenvalue weighted by Gasteiger charge is 2.13. The molecule has 1 fully saturated rings. The van der Waals surface area contributed by atoms with Crippen molar-refractivity contribution in [2.75, 3.05) is 38.2 Å². The van der Waals surface area contributed by atoms with Gasteiger partial charge in [0.2, 0.25) is 0 Å². The van der Waals surface area contributed by atoms with Crippen LogP contribution in [-0.2, 0) is 11.3 Å². The number of hydrogen-bond donors (Lipinski definition) is 1. The Labute approximate surface area is 180 Å². The average Bonchev–Trinajstić information content (AvgIpc) is 3.15. The van der Waals surface area contributed by atoms with E-state index in [-0.39, 0.29) is 5.91 Å². The topological polar surface area (TPSA) is 63.7 Å². The highest BCUT2D eigenvalue weighted by atomic mass is 32.1. The van der Waals surface area contributed by atoms with Gasteiger partial charge in [0.05, 0.1) is 30.0 Å². The molecule has 1 aliphatic rings. The quantitative estimate of drug-likeness (QED) is 0.607. The van der Waals surface area contributed by atoms with Crippen molar-refractivity contribution in [2.24, 2.45) is 5.92 Å². The predicted molar refractivity (Wildman–Crippen MR) is 120 cm³/mol. The van der Waals surface area contributed by atoms with Gasteiger partial charge in [0, 0.05) is 25.2 Å². The average molecular weight is 426 g/mol. The summed E-state index contributed by atoms with van der Waals surface area (Å²) < 4.78 is 12.2. The molecule has 3 aromatic rings. The van der Waals surface area contributed by atoms with Crippen LogP contribution < -0.4 is 10.1 Å². The fourth-order valence-corrected chi connectivity index (χ4v) is 4.20. The highest BCUT2D eigenvalue weighted by molar-refractivity contribution is 7.22. The number of fused-ring (bicyclic) bond motifs is 1. The summed E-state index contributed by atoms with van der Waals surface area (Å²) in [4.78, 5) is 19.5. The minimum atomic E-state index is -0.169. The van der Waals surface area contributed by atoms with Crippen LogP contribution in [0.15, 0.2) is 42.5 Å². The summed E-state index contributed by atoms with van der Waals surface area (Å²) in [6.07, 6.45) is 0. The number of ether oxygens (including phenoxy) is 2. The van der Waals surface area contributed by atoms with Crippen molar-refractivity contribution < 1.29 is 14.3 Å². The lowest BCUT2D eigenvalue weighted by Crippen LogP contribution is -2.35. The molecule has 1 aromatic heterocycles. The molecule has 0 bridgehead atoms. The SMILES string of the molecule is CC(C)COc1ccc(C(=O)Nc2nc3ccc(CN4CCOCC4)cc3s2)cc1. The van der Waals surface area contributed by atoms with Crippen LogP contribution in [0.3, 0.4) is 0 Å². The van der Waals surface area contributed by atoms with Crippen molar-refractivity contribution in [2.45, 2.75) is 20.4 Å². The molecule has 0 unspecified atom stereocenters. The Hall–Kier alpha value is -2.48. The van der Waals surface area contributed by atoms with E-state index < -0.39 is 0 Å². The highest BCUT2D eigenvalue weighted by Crippen LogP contribution is 2.28. The van der Waals surface area contributed by atoms with Crippen LogP contribution in [0.25, 0.3) is 10.2 Å². The molecule has 0 atom stereocenters. The standard InChI is InChI=1S/C23H27N3O3S/c1-16(2)15-29-19-6-4-18(5-7-19)22(27)25-23-24-20-8-3-17(13-21(20)30-23)14-26-9-11-28-12-10-26/h3-8,13,16H,9-12,14-15H2,1-2H3,(H,24,25,27). The van der Waals surface area contributed by atoms with Gasteiger partial charge in [-0.2, -0.15) is 0 Å². The first-order valence-corrected chi connectivity index (χ1v) is 11.1. The Morgan fingerprint density at radius 2 is 1.97 bits per heavy atom. The summed E-state index contributed by atoms with van der Waals surface area (Å²) in [7, 11) is 0. The molecule has 0 radical (unpaired) electrons. The van der Waals surface area contributed by atoms with Crippen LogP contribution in [0.1, 0.15) is 29.8 Å². The van der Waals surface area contributed by atoms with Crippen molar-refractivity contribution in [3.05, 3.63) is 53.6 Å². The molecular weight excluding hydrogens is 398 g/mol. The molecule has 7 heteroatoms. The number of thiazole rings is 1. The number of amides is 1. The molecule has 2 heterocycles. The number of rotatable bonds is 7. The van der Waals surface area contributed by atoms with Crippen molar-refractivity contribution >= 4 is 32.6 Å². The van der Waals surface area contributed by atoms with Gasteiger partial charge in [0.1, 0.15) is 5.75 Å². The molecule has 1 saturated heterocycles. The van der Waals surface area contributed by atoms with Crippen molar-refractivity contribution in [1.29, 1.82) is 0 Å². The van der Waals surface area contributed by atoms with Crippen LogP contribution in [0, 0.1) is 5.92 Å². The third-order valence-electron chi connectivity index (χ3n) is 4.88. The normalized spacial score (nSPS) is 14.9. The van der Waals surface area contributed by atoms with Gasteiger partial charge in [-0.3, -0.25) is 15.0 Å². The van der Waals surface area contributed by atoms with Gasteiger partial charge in [0.25, 0.3) is 5.91 Å². The Kier molecular flexibility index (Phi) is 6.62. The number of benzene rings is 2. The second-order valence-electron chi connectivity index (χ2n) is 7.89. The number of carbonyl (C=O) groups is 1. The van der Waals surface area contributed by atoms with Crippen molar-refractivity contribution in [3.8, 4) is 5.75 Å². The molecule has 158 valence electrons. The third-order valence-corrected chi connectivity index (χ3v) is 5.82. The second kappa shape index (κ2) is 9.55. The van der Waals surface area contributed by atoms with E-state index >= 15 is 0 Å². The van der Waals surface area contributed by atoms with E-state index in [1.165, 1.54) is 16.9 Å². The molecule has 0 spiro atoms. The molecule has 1 aliphatic heterocycles. The molecule has 2 aromatic carbocycles. The van der Waals surface area contributed by atoms with Crippen LogP contribution in [-0.4, -0.2) is 48.7 Å². The molecule has 0 aliphatic carbocycles. The van der Waals surface area contributed by atoms with E-state index in [4.69, 9.17) is 9.47 Å². The molecule has 1 amide bonds. The Balaban J connectivity index is 1.40. The summed E-state index contributed by atoms with van der Waals surface area (Å²) in [5.41, 5.74) is 2.74. The molecule has 4 rings (SSSR count). The largest absolute Gasteiger partial charge is 0.493 e. The monoisotopic (exact) mass is 425 g/mol. The van der Waals surface area contributed by atoms with Gasteiger partial charge < -0.3 is 9.47 Å². The number of morpholine rings is 1. The number of aromatic nitrogens is 1. The van der Waals surface area contributed by atoms with Crippen molar-refractivity contribution in [3.63, 3.8) is 0 Å². The lowest BCUT2D eigenvalue weighted by atomic mass is 10.2. The third kappa shape index (κ3) is 5.36. The first kappa shape index (κ1) is 20.8. The van der Waals surface area contributed by atoms with Crippen LogP contribution in [0.2, 0.25) is 0 Å². The van der Waals surface area contributed by atoms with Crippen molar-refractivity contribution in [1.82, 2.24) is 9.88 Å². The van der Waals surface area contributed by atoms with Gasteiger partial charge in [0.15, 0.2) is 5.13 Å². The number of nitrogens with one attached hydrogen (secondary N) is 1. The summed E-state index contributed by atoms with van der Waals surface area (Å²) in [5, 5.41) is 3.53. The van der Waals surface area contributed by atoms with Gasteiger partial charge in [-0.05, 0) is 47.9 Å². The molecular formula is C23H27N3O3S. The Bertz CT molecular complexity index is 995. The molecule has 6 nitrogen and oxygen atoms in total. The van der Waals surface area contributed by atoms with E-state index in [0.717, 1.165) is 48.8 Å². The maximum Gasteiger partial charge on any atom is 0.257 e. The lowest BCUT2D eigenvalue weighted by molar-refractivity contribution is 0.0342. The molecule has 1 N–H and O–H groups in total. The van der Waals surface area contributed by atoms with Crippen LogP contribution in [0.4, 0.5) is 5.13 Å². The lowest BCUT2D eigenvalue weighted by Gasteiger charge is -2.26.